The summed E-state index contributed by atoms with van der Waals surface area (Å²) in [5.74, 6) is -0.436. The Bertz CT molecular complexity index is 1770. The molecule has 8 nitrogen and oxygen atoms in total. The molecule has 0 heterocycles. The molecule has 1 N–H and O–H groups in total. The summed E-state index contributed by atoms with van der Waals surface area (Å²) in [5.41, 5.74) is 2.40. The van der Waals surface area contributed by atoms with Gasteiger partial charge in [-0.25, -0.2) is 8.42 Å². The number of anilines is 1. The third-order valence-corrected chi connectivity index (χ3v) is 10.5. The van der Waals surface area contributed by atoms with Crippen molar-refractivity contribution in [1.82, 2.24) is 10.2 Å². The fourth-order valence-corrected chi connectivity index (χ4v) is 7.02. The fraction of sp³-hybridized carbons (Fsp3) is 0.297. The van der Waals surface area contributed by atoms with E-state index in [0.29, 0.717) is 34.4 Å². The van der Waals surface area contributed by atoms with Crippen LogP contribution in [0.25, 0.3) is 0 Å². The van der Waals surface area contributed by atoms with Crippen molar-refractivity contribution >= 4 is 50.7 Å². The molecule has 4 rings (SSSR count). The molecule has 0 saturated heterocycles. The molecule has 11 heteroatoms. The standard InChI is InChI=1S/C37H41Cl2N3O5S/c1-5-27(4)40-37(44)35(23-28-11-8-7-9-12-28)41(24-32-33(38)13-10-14-34(32)39)36(43)25-42(29-17-19-30(20-18-29)47-6-2)48(45,46)31-21-15-26(3)16-22-31/h7-22,27,35H,5-6,23-25H2,1-4H3,(H,40,44)/t27-,35-/m0/s1. The topological polar surface area (TPSA) is 96.0 Å². The number of ether oxygens (including phenoxy) is 1. The summed E-state index contributed by atoms with van der Waals surface area (Å²) in [6.07, 6.45) is 0.846. The summed E-state index contributed by atoms with van der Waals surface area (Å²) < 4.78 is 35.2. The normalized spacial score (nSPS) is 12.5. The average Bonchev–Trinajstić information content (AvgIpc) is 3.07. The van der Waals surface area contributed by atoms with E-state index in [1.807, 2.05) is 58.0 Å². The van der Waals surface area contributed by atoms with Crippen LogP contribution in [0.4, 0.5) is 5.69 Å². The van der Waals surface area contributed by atoms with Gasteiger partial charge in [-0.15, -0.1) is 0 Å². The van der Waals surface area contributed by atoms with Crippen LogP contribution >= 0.6 is 23.2 Å². The molecule has 254 valence electrons. The van der Waals surface area contributed by atoms with Gasteiger partial charge in [0.2, 0.25) is 11.8 Å². The van der Waals surface area contributed by atoms with E-state index < -0.39 is 28.5 Å². The molecular weight excluding hydrogens is 669 g/mol. The molecule has 0 aliphatic carbocycles. The van der Waals surface area contributed by atoms with Crippen LogP contribution in [0.3, 0.4) is 0 Å². The van der Waals surface area contributed by atoms with Crippen LogP contribution in [-0.4, -0.2) is 50.4 Å². The van der Waals surface area contributed by atoms with Gasteiger partial charge in [0.05, 0.1) is 17.2 Å². The van der Waals surface area contributed by atoms with Gasteiger partial charge in [-0.05, 0) is 81.3 Å². The van der Waals surface area contributed by atoms with Gasteiger partial charge in [-0.2, -0.15) is 0 Å². The molecule has 4 aromatic rings. The average molecular weight is 711 g/mol. The third kappa shape index (κ3) is 9.30. The number of carbonyl (C=O) groups is 2. The van der Waals surface area contributed by atoms with Crippen molar-refractivity contribution in [2.75, 3.05) is 17.5 Å². The second-order valence-electron chi connectivity index (χ2n) is 11.5. The molecule has 0 spiro atoms. The molecule has 0 fully saturated rings. The summed E-state index contributed by atoms with van der Waals surface area (Å²) in [7, 11) is -4.25. The quantitative estimate of drug-likeness (QED) is 0.138. The van der Waals surface area contributed by atoms with Gasteiger partial charge in [-0.3, -0.25) is 13.9 Å². The molecular formula is C37H41Cl2N3O5S. The van der Waals surface area contributed by atoms with Crippen LogP contribution in [-0.2, 0) is 32.6 Å². The predicted molar refractivity (Wildman–Crippen MR) is 192 cm³/mol. The first-order chi connectivity index (χ1) is 22.9. The number of nitrogens with one attached hydrogen (secondary N) is 1. The number of nitrogens with zero attached hydrogens (tertiary/aromatic N) is 2. The SMILES string of the molecule is CCOc1ccc(N(CC(=O)N(Cc2c(Cl)cccc2Cl)[C@@H](Cc2ccccc2)C(=O)N[C@@H](C)CC)S(=O)(=O)c2ccc(C)cc2)cc1. The number of aryl methyl sites for hydroxylation is 1. The van der Waals surface area contributed by atoms with Crippen molar-refractivity contribution in [3.8, 4) is 5.75 Å². The zero-order valence-corrected chi connectivity index (χ0v) is 29.9. The maximum absolute atomic E-state index is 14.7. The Kier molecular flexibility index (Phi) is 12.9. The van der Waals surface area contributed by atoms with Gasteiger partial charge < -0.3 is 15.0 Å². The Morgan fingerprint density at radius 3 is 2.06 bits per heavy atom. The highest BCUT2D eigenvalue weighted by Gasteiger charge is 2.35. The van der Waals surface area contributed by atoms with Gasteiger partial charge in [0.1, 0.15) is 18.3 Å². The number of hydrogen-bond donors (Lipinski definition) is 1. The van der Waals surface area contributed by atoms with Gasteiger partial charge >= 0.3 is 0 Å². The minimum atomic E-state index is -4.25. The summed E-state index contributed by atoms with van der Waals surface area (Å²) in [6, 6.07) is 26.1. The first-order valence-corrected chi connectivity index (χ1v) is 18.0. The molecule has 0 saturated carbocycles. The summed E-state index contributed by atoms with van der Waals surface area (Å²) in [6.45, 7) is 7.25. The lowest BCUT2D eigenvalue weighted by molar-refractivity contribution is -0.140. The number of halogens is 2. The van der Waals surface area contributed by atoms with Crippen molar-refractivity contribution in [1.29, 1.82) is 0 Å². The number of carbonyl (C=O) groups excluding carboxylic acids is 2. The fourth-order valence-electron chi connectivity index (χ4n) is 5.09. The van der Waals surface area contributed by atoms with E-state index >= 15 is 0 Å². The molecule has 2 atom stereocenters. The number of benzene rings is 4. The van der Waals surface area contributed by atoms with Crippen LogP contribution in [0.5, 0.6) is 5.75 Å². The van der Waals surface area contributed by atoms with Crippen LogP contribution < -0.4 is 14.4 Å². The Morgan fingerprint density at radius 1 is 0.854 bits per heavy atom. The third-order valence-electron chi connectivity index (χ3n) is 7.99. The smallest absolute Gasteiger partial charge is 0.264 e. The minimum absolute atomic E-state index is 0.0193. The molecule has 0 bridgehead atoms. The molecule has 4 aromatic carbocycles. The largest absolute Gasteiger partial charge is 0.494 e. The van der Waals surface area contributed by atoms with Gasteiger partial charge in [0.15, 0.2) is 0 Å². The minimum Gasteiger partial charge on any atom is -0.494 e. The van der Waals surface area contributed by atoms with Crippen LogP contribution in [0.1, 0.15) is 43.9 Å². The maximum atomic E-state index is 14.7. The number of amides is 2. The van der Waals surface area contributed by atoms with Gasteiger partial charge in [-0.1, -0.05) is 84.2 Å². The highest BCUT2D eigenvalue weighted by molar-refractivity contribution is 7.92. The number of hydrogen-bond acceptors (Lipinski definition) is 5. The monoisotopic (exact) mass is 709 g/mol. The van der Waals surface area contributed by atoms with Crippen molar-refractivity contribution in [2.45, 2.75) is 64.1 Å². The lowest BCUT2D eigenvalue weighted by atomic mass is 10.0. The van der Waals surface area contributed by atoms with E-state index in [2.05, 4.69) is 5.32 Å². The van der Waals surface area contributed by atoms with Crippen LogP contribution in [0.15, 0.2) is 102 Å². The maximum Gasteiger partial charge on any atom is 0.264 e. The van der Waals surface area contributed by atoms with Crippen molar-refractivity contribution < 1.29 is 22.7 Å². The molecule has 0 radical (unpaired) electrons. The zero-order valence-electron chi connectivity index (χ0n) is 27.5. The molecule has 0 aromatic heterocycles. The zero-order chi connectivity index (χ0) is 34.8. The van der Waals surface area contributed by atoms with Gasteiger partial charge in [0.25, 0.3) is 10.0 Å². The highest BCUT2D eigenvalue weighted by atomic mass is 35.5. The second-order valence-corrected chi connectivity index (χ2v) is 14.2. The Balaban J connectivity index is 1.84. The van der Waals surface area contributed by atoms with Crippen LogP contribution in [0, 0.1) is 6.92 Å². The van der Waals surface area contributed by atoms with Crippen LogP contribution in [0.2, 0.25) is 10.0 Å². The van der Waals surface area contributed by atoms with E-state index in [0.717, 1.165) is 15.4 Å². The second kappa shape index (κ2) is 16.9. The van der Waals surface area contributed by atoms with E-state index in [4.69, 9.17) is 27.9 Å². The first kappa shape index (κ1) is 36.8. The molecule has 0 aliphatic heterocycles. The van der Waals surface area contributed by atoms with Crippen molar-refractivity contribution in [3.05, 3.63) is 124 Å². The van der Waals surface area contributed by atoms with Gasteiger partial charge in [0, 0.05) is 34.6 Å². The summed E-state index contributed by atoms with van der Waals surface area (Å²) in [5, 5.41) is 3.65. The van der Waals surface area contributed by atoms with E-state index in [1.165, 1.54) is 17.0 Å². The van der Waals surface area contributed by atoms with E-state index in [1.54, 1.807) is 54.6 Å². The predicted octanol–water partition coefficient (Wildman–Crippen LogP) is 7.45. The lowest BCUT2D eigenvalue weighted by Crippen LogP contribution is -2.54. The van der Waals surface area contributed by atoms with Crippen molar-refractivity contribution in [2.24, 2.45) is 0 Å². The molecule has 0 aliphatic rings. The Hall–Kier alpha value is -4.05. The molecule has 0 unspecified atom stereocenters. The lowest BCUT2D eigenvalue weighted by Gasteiger charge is -2.34. The first-order valence-electron chi connectivity index (χ1n) is 15.8. The Morgan fingerprint density at radius 2 is 1.48 bits per heavy atom. The van der Waals surface area contributed by atoms with E-state index in [9.17, 15) is 18.0 Å². The summed E-state index contributed by atoms with van der Waals surface area (Å²) in [4.78, 5) is 30.1. The van der Waals surface area contributed by atoms with Crippen molar-refractivity contribution in [3.63, 3.8) is 0 Å². The molecule has 48 heavy (non-hydrogen) atoms. The summed E-state index contributed by atoms with van der Waals surface area (Å²) >= 11 is 13.2. The Labute approximate surface area is 293 Å². The number of sulfonamides is 1. The number of rotatable bonds is 15. The van der Waals surface area contributed by atoms with E-state index in [-0.39, 0.29) is 35.5 Å². The molecule has 2 amide bonds. The highest BCUT2D eigenvalue weighted by Crippen LogP contribution is 2.30.